The molecule has 6 heteroatoms. The van der Waals surface area contributed by atoms with Crippen molar-refractivity contribution in [3.8, 4) is 0 Å². The smallest absolute Gasteiger partial charge is 0.102 e. The summed E-state index contributed by atoms with van der Waals surface area (Å²) in [5, 5.41) is 11.9. The lowest BCUT2D eigenvalue weighted by Crippen LogP contribution is -2.01. The Kier molecular flexibility index (Phi) is 3.65. The maximum Gasteiger partial charge on any atom is 0.102 e. The minimum atomic E-state index is 0.658. The molecule has 0 saturated heterocycles. The number of anilines is 1. The van der Waals surface area contributed by atoms with E-state index in [0.717, 1.165) is 20.0 Å². The summed E-state index contributed by atoms with van der Waals surface area (Å²) in [4.78, 5) is 0. The van der Waals surface area contributed by atoms with Crippen LogP contribution in [0, 0.1) is 3.57 Å². The van der Waals surface area contributed by atoms with Gasteiger partial charge in [0, 0.05) is 27.5 Å². The van der Waals surface area contributed by atoms with Crippen LogP contribution in [0.3, 0.4) is 0 Å². The van der Waals surface area contributed by atoms with Crippen LogP contribution in [0.1, 0.15) is 5.69 Å². The molecule has 0 aliphatic carbocycles. The topological polar surface area (TPSA) is 42.7 Å². The predicted octanol–water partition coefficient (Wildman–Crippen LogP) is 2.69. The van der Waals surface area contributed by atoms with Gasteiger partial charge in [-0.2, -0.15) is 0 Å². The second-order valence-electron chi connectivity index (χ2n) is 3.36. The maximum atomic E-state index is 5.88. The van der Waals surface area contributed by atoms with Gasteiger partial charge in [0.1, 0.15) is 5.69 Å². The van der Waals surface area contributed by atoms with E-state index in [1.807, 2.05) is 31.4 Å². The van der Waals surface area contributed by atoms with E-state index in [-0.39, 0.29) is 0 Å². The second kappa shape index (κ2) is 5.01. The van der Waals surface area contributed by atoms with E-state index in [4.69, 9.17) is 11.6 Å². The molecule has 0 saturated carbocycles. The fraction of sp³-hybridized carbons (Fsp3) is 0.200. The Hall–Kier alpha value is -0.820. The van der Waals surface area contributed by atoms with Gasteiger partial charge in [-0.3, -0.25) is 4.68 Å². The SMILES string of the molecule is Cn1cc(CNc2ccc(Cl)cc2I)nn1. The Balaban J connectivity index is 2.04. The highest BCUT2D eigenvalue weighted by Gasteiger charge is 2.02. The molecule has 4 nitrogen and oxygen atoms in total. The third kappa shape index (κ3) is 2.85. The van der Waals surface area contributed by atoms with Crippen molar-refractivity contribution < 1.29 is 0 Å². The minimum absolute atomic E-state index is 0.658. The molecule has 1 aromatic carbocycles. The van der Waals surface area contributed by atoms with Crippen LogP contribution in [0.25, 0.3) is 0 Å². The minimum Gasteiger partial charge on any atom is -0.378 e. The van der Waals surface area contributed by atoms with E-state index in [1.165, 1.54) is 0 Å². The van der Waals surface area contributed by atoms with Gasteiger partial charge in [0.2, 0.25) is 0 Å². The van der Waals surface area contributed by atoms with Gasteiger partial charge in [0.15, 0.2) is 0 Å². The molecule has 84 valence electrons. The van der Waals surface area contributed by atoms with Gasteiger partial charge in [-0.05, 0) is 40.8 Å². The zero-order chi connectivity index (χ0) is 11.5. The van der Waals surface area contributed by atoms with Gasteiger partial charge in [-0.15, -0.1) is 5.10 Å². The molecule has 0 atom stereocenters. The van der Waals surface area contributed by atoms with E-state index >= 15 is 0 Å². The first-order valence-corrected chi connectivity index (χ1v) is 6.15. The number of hydrogen-bond donors (Lipinski definition) is 1. The van der Waals surface area contributed by atoms with Crippen molar-refractivity contribution >= 4 is 39.9 Å². The van der Waals surface area contributed by atoms with Gasteiger partial charge < -0.3 is 5.32 Å². The predicted molar refractivity (Wildman–Crippen MR) is 72.5 cm³/mol. The van der Waals surface area contributed by atoms with Gasteiger partial charge in [-0.25, -0.2) is 0 Å². The van der Waals surface area contributed by atoms with E-state index < -0.39 is 0 Å². The largest absolute Gasteiger partial charge is 0.378 e. The summed E-state index contributed by atoms with van der Waals surface area (Å²) in [5.74, 6) is 0. The molecular formula is C10H10ClIN4. The summed E-state index contributed by atoms with van der Waals surface area (Å²) in [6.07, 6.45) is 1.88. The second-order valence-corrected chi connectivity index (χ2v) is 4.96. The molecule has 1 heterocycles. The zero-order valence-electron chi connectivity index (χ0n) is 8.61. The number of halogens is 2. The Morgan fingerprint density at radius 1 is 1.50 bits per heavy atom. The summed E-state index contributed by atoms with van der Waals surface area (Å²) in [5.41, 5.74) is 1.96. The lowest BCUT2D eigenvalue weighted by Gasteiger charge is -2.06. The van der Waals surface area contributed by atoms with E-state index in [0.29, 0.717) is 6.54 Å². The standard InChI is InChI=1S/C10H10ClIN4/c1-16-6-8(14-15-16)5-13-10-3-2-7(11)4-9(10)12/h2-4,6,13H,5H2,1H3. The Bertz CT molecular complexity index is 497. The summed E-state index contributed by atoms with van der Waals surface area (Å²) >= 11 is 8.12. The first-order valence-electron chi connectivity index (χ1n) is 4.69. The molecule has 0 fully saturated rings. The fourth-order valence-corrected chi connectivity index (χ4v) is 2.36. The molecule has 0 amide bonds. The van der Waals surface area contributed by atoms with Crippen LogP contribution >= 0.6 is 34.2 Å². The lowest BCUT2D eigenvalue weighted by molar-refractivity contribution is 0.713. The van der Waals surface area contributed by atoms with Crippen molar-refractivity contribution in [1.29, 1.82) is 0 Å². The van der Waals surface area contributed by atoms with E-state index in [2.05, 4.69) is 38.2 Å². The van der Waals surface area contributed by atoms with Crippen LogP contribution in [-0.4, -0.2) is 15.0 Å². The molecule has 0 radical (unpaired) electrons. The van der Waals surface area contributed by atoms with Crippen LogP contribution < -0.4 is 5.32 Å². The number of aryl methyl sites for hydroxylation is 1. The monoisotopic (exact) mass is 348 g/mol. The molecule has 0 aliphatic heterocycles. The third-order valence-corrected chi connectivity index (χ3v) is 3.17. The number of nitrogens with one attached hydrogen (secondary N) is 1. The highest BCUT2D eigenvalue weighted by atomic mass is 127. The van der Waals surface area contributed by atoms with Crippen LogP contribution in [-0.2, 0) is 13.6 Å². The highest BCUT2D eigenvalue weighted by Crippen LogP contribution is 2.22. The Morgan fingerprint density at radius 3 is 2.94 bits per heavy atom. The molecule has 0 aliphatic rings. The van der Waals surface area contributed by atoms with E-state index in [1.54, 1.807) is 4.68 Å². The Labute approximate surface area is 112 Å². The first-order chi connectivity index (χ1) is 7.65. The number of hydrogen-bond acceptors (Lipinski definition) is 3. The average Bonchev–Trinajstić information content (AvgIpc) is 2.63. The third-order valence-electron chi connectivity index (χ3n) is 2.04. The quantitative estimate of drug-likeness (QED) is 0.867. The average molecular weight is 349 g/mol. The normalized spacial score (nSPS) is 10.4. The molecule has 1 aromatic heterocycles. The fourth-order valence-electron chi connectivity index (χ4n) is 1.29. The van der Waals surface area contributed by atoms with Crippen LogP contribution in [0.2, 0.25) is 5.02 Å². The number of benzene rings is 1. The summed E-state index contributed by atoms with van der Waals surface area (Å²) in [6.45, 7) is 0.658. The van der Waals surface area contributed by atoms with Crippen molar-refractivity contribution in [3.05, 3.63) is 38.7 Å². The van der Waals surface area contributed by atoms with Crippen molar-refractivity contribution in [3.63, 3.8) is 0 Å². The zero-order valence-corrected chi connectivity index (χ0v) is 11.5. The van der Waals surface area contributed by atoms with E-state index in [9.17, 15) is 0 Å². The molecule has 0 spiro atoms. The highest BCUT2D eigenvalue weighted by molar-refractivity contribution is 14.1. The van der Waals surface area contributed by atoms with Crippen LogP contribution in [0.5, 0.6) is 0 Å². The van der Waals surface area contributed by atoms with Crippen molar-refractivity contribution in [2.75, 3.05) is 5.32 Å². The summed E-state index contributed by atoms with van der Waals surface area (Å²) < 4.78 is 2.78. The Morgan fingerprint density at radius 2 is 2.31 bits per heavy atom. The van der Waals surface area contributed by atoms with Crippen molar-refractivity contribution in [2.45, 2.75) is 6.54 Å². The van der Waals surface area contributed by atoms with Gasteiger partial charge >= 0.3 is 0 Å². The molecule has 16 heavy (non-hydrogen) atoms. The number of rotatable bonds is 3. The van der Waals surface area contributed by atoms with Gasteiger partial charge in [-0.1, -0.05) is 16.8 Å². The lowest BCUT2D eigenvalue weighted by atomic mass is 10.3. The molecule has 0 bridgehead atoms. The summed E-state index contributed by atoms with van der Waals surface area (Å²) in [7, 11) is 1.85. The van der Waals surface area contributed by atoms with Crippen LogP contribution in [0.15, 0.2) is 24.4 Å². The molecule has 1 N–H and O–H groups in total. The number of aromatic nitrogens is 3. The maximum absolute atomic E-state index is 5.88. The summed E-state index contributed by atoms with van der Waals surface area (Å²) in [6, 6.07) is 5.74. The van der Waals surface area contributed by atoms with Crippen molar-refractivity contribution in [2.24, 2.45) is 7.05 Å². The number of nitrogens with zero attached hydrogens (tertiary/aromatic N) is 3. The molecular weight excluding hydrogens is 338 g/mol. The first kappa shape index (κ1) is 11.7. The van der Waals surface area contributed by atoms with Crippen LogP contribution in [0.4, 0.5) is 5.69 Å². The molecule has 2 aromatic rings. The molecule has 0 unspecified atom stereocenters. The van der Waals surface area contributed by atoms with Crippen molar-refractivity contribution in [1.82, 2.24) is 15.0 Å². The molecule has 2 rings (SSSR count). The van der Waals surface area contributed by atoms with Gasteiger partial charge in [0.05, 0.1) is 6.54 Å². The van der Waals surface area contributed by atoms with Gasteiger partial charge in [0.25, 0.3) is 0 Å².